The lowest BCUT2D eigenvalue weighted by Gasteiger charge is -1.98. The molecule has 1 amide bonds. The molecule has 0 fully saturated rings. The van der Waals surface area contributed by atoms with Crippen molar-refractivity contribution < 1.29 is 9.59 Å². The van der Waals surface area contributed by atoms with Crippen molar-refractivity contribution in [2.45, 2.75) is 18.2 Å². The van der Waals surface area contributed by atoms with Gasteiger partial charge in [0.05, 0.1) is 16.3 Å². The zero-order valence-electron chi connectivity index (χ0n) is 10.7. The van der Waals surface area contributed by atoms with Crippen LogP contribution in [0.25, 0.3) is 0 Å². The second-order valence-electron chi connectivity index (χ2n) is 3.73. The Morgan fingerprint density at radius 3 is 2.65 bits per heavy atom. The maximum atomic E-state index is 11.8. The summed E-state index contributed by atoms with van der Waals surface area (Å²) in [6.07, 6.45) is 0. The Morgan fingerprint density at radius 1 is 1.35 bits per heavy atom. The van der Waals surface area contributed by atoms with Gasteiger partial charge in [0.1, 0.15) is 0 Å². The second-order valence-corrected chi connectivity index (χ2v) is 6.96. The number of thioether (sulfide) groups is 1. The molecule has 0 spiro atoms. The average molecular weight is 329 g/mol. The van der Waals surface area contributed by atoms with Crippen molar-refractivity contribution in [3.05, 3.63) is 10.6 Å². The lowest BCUT2D eigenvalue weighted by molar-refractivity contribution is -0.113. The summed E-state index contributed by atoms with van der Waals surface area (Å²) in [5, 5.41) is 10.9. The molecule has 3 N–H and O–H groups in total. The molecular formula is C10H11N5O2S3. The molecule has 0 aliphatic carbocycles. The molecule has 2 aromatic heterocycles. The van der Waals surface area contributed by atoms with Crippen LogP contribution in [-0.4, -0.2) is 32.6 Å². The Balaban J connectivity index is 1.91. The van der Waals surface area contributed by atoms with E-state index in [9.17, 15) is 9.59 Å². The zero-order chi connectivity index (χ0) is 14.7. The molecule has 0 bridgehead atoms. The number of thiazole rings is 1. The standard InChI is InChI=1S/C10H11N5O2S3/c1-4-7(5(2)16)19-9(12-4)13-6(17)3-18-10-15-14-8(11)20-10/h3H2,1-2H3,(H2,11,14)(H,12,13,17). The van der Waals surface area contributed by atoms with Crippen LogP contribution in [0.4, 0.5) is 10.3 Å². The van der Waals surface area contributed by atoms with Gasteiger partial charge in [0, 0.05) is 6.92 Å². The molecule has 7 nitrogen and oxygen atoms in total. The fraction of sp³-hybridized carbons (Fsp3) is 0.300. The topological polar surface area (TPSA) is 111 Å². The summed E-state index contributed by atoms with van der Waals surface area (Å²) < 4.78 is 0.636. The van der Waals surface area contributed by atoms with E-state index in [1.54, 1.807) is 6.92 Å². The third-order valence-electron chi connectivity index (χ3n) is 2.11. The Kier molecular flexibility index (Phi) is 4.68. The van der Waals surface area contributed by atoms with Crippen LogP contribution in [0, 0.1) is 6.92 Å². The fourth-order valence-electron chi connectivity index (χ4n) is 1.34. The molecular weight excluding hydrogens is 318 g/mol. The van der Waals surface area contributed by atoms with Crippen LogP contribution >= 0.6 is 34.4 Å². The summed E-state index contributed by atoms with van der Waals surface area (Å²) in [7, 11) is 0. The van der Waals surface area contributed by atoms with Gasteiger partial charge in [0.25, 0.3) is 0 Å². The summed E-state index contributed by atoms with van der Waals surface area (Å²) in [5.41, 5.74) is 6.07. The molecule has 2 aromatic rings. The number of rotatable bonds is 5. The van der Waals surface area contributed by atoms with E-state index in [4.69, 9.17) is 5.73 Å². The van der Waals surface area contributed by atoms with Gasteiger partial charge in [0.15, 0.2) is 15.3 Å². The minimum absolute atomic E-state index is 0.0563. The number of carbonyl (C=O) groups excluding carboxylic acids is 2. The number of aromatic nitrogens is 3. The number of Topliss-reactive ketones (excluding diaryl/α,β-unsaturated/α-hetero) is 1. The first-order valence-electron chi connectivity index (χ1n) is 5.45. The summed E-state index contributed by atoms with van der Waals surface area (Å²) >= 11 is 3.65. The number of nitrogens with zero attached hydrogens (tertiary/aromatic N) is 3. The summed E-state index contributed by atoms with van der Waals surface area (Å²) in [5.74, 6) is -0.0883. The van der Waals surface area contributed by atoms with Gasteiger partial charge in [-0.15, -0.1) is 10.2 Å². The molecule has 0 atom stereocenters. The molecule has 0 radical (unpaired) electrons. The minimum Gasteiger partial charge on any atom is -0.374 e. The SMILES string of the molecule is CC(=O)c1sc(NC(=O)CSc2nnc(N)s2)nc1C. The number of nitrogens with one attached hydrogen (secondary N) is 1. The molecule has 0 saturated carbocycles. The maximum absolute atomic E-state index is 11.8. The molecule has 0 aliphatic rings. The first kappa shape index (κ1) is 14.9. The zero-order valence-corrected chi connectivity index (χ0v) is 13.1. The number of amides is 1. The molecule has 106 valence electrons. The van der Waals surface area contributed by atoms with Crippen LogP contribution in [0.5, 0.6) is 0 Å². The van der Waals surface area contributed by atoms with Gasteiger partial charge in [-0.1, -0.05) is 34.4 Å². The molecule has 0 saturated heterocycles. The van der Waals surface area contributed by atoms with Crippen molar-refractivity contribution in [2.75, 3.05) is 16.8 Å². The van der Waals surface area contributed by atoms with Crippen LogP contribution in [0.15, 0.2) is 4.34 Å². The molecule has 0 unspecified atom stereocenters. The van der Waals surface area contributed by atoms with Gasteiger partial charge < -0.3 is 11.1 Å². The van der Waals surface area contributed by atoms with Crippen LogP contribution < -0.4 is 11.1 Å². The number of hydrogen-bond donors (Lipinski definition) is 2. The Labute approximate surface area is 127 Å². The van der Waals surface area contributed by atoms with Crippen LogP contribution in [-0.2, 0) is 4.79 Å². The van der Waals surface area contributed by atoms with E-state index >= 15 is 0 Å². The van der Waals surface area contributed by atoms with E-state index in [1.807, 2.05) is 0 Å². The predicted octanol–water partition coefficient (Wildman–Crippen LogP) is 1.82. The van der Waals surface area contributed by atoms with Crippen LogP contribution in [0.1, 0.15) is 22.3 Å². The summed E-state index contributed by atoms with van der Waals surface area (Å²) in [6.45, 7) is 3.21. The highest BCUT2D eigenvalue weighted by Gasteiger charge is 2.14. The van der Waals surface area contributed by atoms with Gasteiger partial charge >= 0.3 is 0 Å². The third kappa shape index (κ3) is 3.74. The average Bonchev–Trinajstić information content (AvgIpc) is 2.93. The van der Waals surface area contributed by atoms with Crippen molar-refractivity contribution in [2.24, 2.45) is 0 Å². The first-order valence-corrected chi connectivity index (χ1v) is 8.07. The molecule has 2 rings (SSSR count). The van der Waals surface area contributed by atoms with Crippen molar-refractivity contribution in [1.29, 1.82) is 0 Å². The second kappa shape index (κ2) is 6.29. The third-order valence-corrected chi connectivity index (χ3v) is 5.17. The van der Waals surface area contributed by atoms with Gasteiger partial charge in [0.2, 0.25) is 11.0 Å². The number of anilines is 2. The quantitative estimate of drug-likeness (QED) is 0.635. The Hall–Kier alpha value is -1.52. The van der Waals surface area contributed by atoms with E-state index in [2.05, 4.69) is 20.5 Å². The van der Waals surface area contributed by atoms with E-state index in [0.29, 0.717) is 25.2 Å². The minimum atomic E-state index is -0.215. The highest BCUT2D eigenvalue weighted by atomic mass is 32.2. The van der Waals surface area contributed by atoms with E-state index in [-0.39, 0.29) is 17.4 Å². The normalized spacial score (nSPS) is 10.5. The smallest absolute Gasteiger partial charge is 0.236 e. The van der Waals surface area contributed by atoms with Gasteiger partial charge in [-0.25, -0.2) is 4.98 Å². The van der Waals surface area contributed by atoms with Gasteiger partial charge in [-0.05, 0) is 6.92 Å². The van der Waals surface area contributed by atoms with Crippen LogP contribution in [0.3, 0.4) is 0 Å². The first-order chi connectivity index (χ1) is 9.45. The van der Waals surface area contributed by atoms with Crippen molar-refractivity contribution >= 4 is 56.4 Å². The number of nitrogens with two attached hydrogens (primary N) is 1. The largest absolute Gasteiger partial charge is 0.374 e. The van der Waals surface area contributed by atoms with E-state index in [1.165, 1.54) is 41.4 Å². The van der Waals surface area contributed by atoms with E-state index in [0.717, 1.165) is 0 Å². The fourth-order valence-corrected chi connectivity index (χ4v) is 3.65. The van der Waals surface area contributed by atoms with Crippen molar-refractivity contribution in [1.82, 2.24) is 15.2 Å². The number of nitrogen functional groups attached to an aromatic ring is 1. The summed E-state index contributed by atoms with van der Waals surface area (Å²) in [4.78, 5) is 27.8. The van der Waals surface area contributed by atoms with Crippen molar-refractivity contribution in [3.8, 4) is 0 Å². The molecule has 20 heavy (non-hydrogen) atoms. The van der Waals surface area contributed by atoms with Gasteiger partial charge in [-0.2, -0.15) is 0 Å². The molecule has 10 heteroatoms. The number of aryl methyl sites for hydroxylation is 1. The van der Waals surface area contributed by atoms with Gasteiger partial charge in [-0.3, -0.25) is 9.59 Å². The van der Waals surface area contributed by atoms with Crippen molar-refractivity contribution in [3.63, 3.8) is 0 Å². The highest BCUT2D eigenvalue weighted by molar-refractivity contribution is 8.01. The molecule has 2 heterocycles. The number of carbonyl (C=O) groups is 2. The Bertz CT molecular complexity index is 651. The highest BCUT2D eigenvalue weighted by Crippen LogP contribution is 2.25. The number of ketones is 1. The van der Waals surface area contributed by atoms with Crippen LogP contribution in [0.2, 0.25) is 0 Å². The lowest BCUT2D eigenvalue weighted by Crippen LogP contribution is -2.13. The Morgan fingerprint density at radius 2 is 2.10 bits per heavy atom. The maximum Gasteiger partial charge on any atom is 0.236 e. The predicted molar refractivity (Wildman–Crippen MR) is 80.5 cm³/mol. The lowest BCUT2D eigenvalue weighted by atomic mass is 10.3. The summed E-state index contributed by atoms with van der Waals surface area (Å²) in [6, 6.07) is 0. The molecule has 0 aromatic carbocycles. The monoisotopic (exact) mass is 329 g/mol. The number of hydrogen-bond acceptors (Lipinski definition) is 9. The molecule has 0 aliphatic heterocycles. The van der Waals surface area contributed by atoms with E-state index < -0.39 is 0 Å².